The first-order valence-corrected chi connectivity index (χ1v) is 6.90. The molecule has 0 aromatic carbocycles. The number of thiophene rings is 1. The molecule has 1 aliphatic rings. The summed E-state index contributed by atoms with van der Waals surface area (Å²) in [4.78, 5) is 14.4. The Labute approximate surface area is 110 Å². The van der Waals surface area contributed by atoms with Gasteiger partial charge in [0.15, 0.2) is 0 Å². The smallest absolute Gasteiger partial charge is 0.320 e. The number of rotatable bonds is 5. The predicted octanol–water partition coefficient (Wildman–Crippen LogP) is 0.923. The van der Waals surface area contributed by atoms with Crippen LogP contribution in [0.4, 0.5) is 0 Å². The molecule has 2 heterocycles. The van der Waals surface area contributed by atoms with E-state index in [-0.39, 0.29) is 6.04 Å². The minimum atomic E-state index is -0.940. The fraction of sp³-hybridized carbons (Fsp3) is 0.583. The summed E-state index contributed by atoms with van der Waals surface area (Å²) < 4.78 is 5.33. The van der Waals surface area contributed by atoms with Crippen LogP contribution >= 0.6 is 11.3 Å². The minimum absolute atomic E-state index is 0.0833. The van der Waals surface area contributed by atoms with Crippen molar-refractivity contribution < 1.29 is 14.6 Å². The zero-order valence-corrected chi connectivity index (χ0v) is 10.9. The quantitative estimate of drug-likeness (QED) is 0.832. The maximum atomic E-state index is 10.9. The van der Waals surface area contributed by atoms with Gasteiger partial charge in [0.2, 0.25) is 0 Å². The first kappa shape index (κ1) is 13.5. The highest BCUT2D eigenvalue weighted by Crippen LogP contribution is 2.29. The molecule has 0 unspecified atom stereocenters. The first-order valence-electron chi connectivity index (χ1n) is 6.02. The molecule has 0 aliphatic carbocycles. The van der Waals surface area contributed by atoms with Crippen LogP contribution < -0.4 is 5.73 Å². The van der Waals surface area contributed by atoms with Crippen molar-refractivity contribution in [1.82, 2.24) is 4.90 Å². The van der Waals surface area contributed by atoms with E-state index in [1.807, 2.05) is 17.5 Å². The fourth-order valence-corrected chi connectivity index (χ4v) is 3.03. The Kier molecular flexibility index (Phi) is 4.71. The first-order chi connectivity index (χ1) is 8.68. The molecule has 3 N–H and O–H groups in total. The number of hydrogen-bond donors (Lipinski definition) is 2. The van der Waals surface area contributed by atoms with Crippen molar-refractivity contribution in [2.45, 2.75) is 18.5 Å². The highest BCUT2D eigenvalue weighted by molar-refractivity contribution is 7.10. The zero-order valence-electron chi connectivity index (χ0n) is 10.1. The third-order valence-electron chi connectivity index (χ3n) is 3.15. The van der Waals surface area contributed by atoms with Crippen LogP contribution in [0.1, 0.15) is 17.3 Å². The minimum Gasteiger partial charge on any atom is -0.480 e. The van der Waals surface area contributed by atoms with Gasteiger partial charge in [0.1, 0.15) is 6.04 Å². The number of aliphatic carboxylic acids is 1. The van der Waals surface area contributed by atoms with Crippen molar-refractivity contribution in [3.05, 3.63) is 22.4 Å². The lowest BCUT2D eigenvalue weighted by Gasteiger charge is -2.34. The second kappa shape index (κ2) is 6.29. The molecule has 1 aliphatic heterocycles. The van der Waals surface area contributed by atoms with Gasteiger partial charge in [-0.15, -0.1) is 11.3 Å². The maximum Gasteiger partial charge on any atom is 0.320 e. The summed E-state index contributed by atoms with van der Waals surface area (Å²) in [5, 5.41) is 11.0. The molecule has 1 aromatic heterocycles. The van der Waals surface area contributed by atoms with E-state index >= 15 is 0 Å². The number of carbonyl (C=O) groups is 1. The molecule has 2 atom stereocenters. The lowest BCUT2D eigenvalue weighted by atomic mass is 10.0. The molecule has 18 heavy (non-hydrogen) atoms. The Morgan fingerprint density at radius 3 is 2.83 bits per heavy atom. The van der Waals surface area contributed by atoms with E-state index in [1.165, 1.54) is 4.88 Å². The number of carboxylic acid groups (broad SMARTS) is 1. The third kappa shape index (κ3) is 3.29. The molecule has 1 fully saturated rings. The summed E-state index contributed by atoms with van der Waals surface area (Å²) in [6, 6.07) is 3.29. The molecule has 0 amide bonds. The molecular formula is C12H18N2O3S. The van der Waals surface area contributed by atoms with Gasteiger partial charge in [-0.3, -0.25) is 9.69 Å². The Morgan fingerprint density at radius 1 is 1.56 bits per heavy atom. The van der Waals surface area contributed by atoms with Gasteiger partial charge in [-0.1, -0.05) is 6.07 Å². The topological polar surface area (TPSA) is 75.8 Å². The fourth-order valence-electron chi connectivity index (χ4n) is 2.16. The van der Waals surface area contributed by atoms with Crippen LogP contribution in [0.3, 0.4) is 0 Å². The SMILES string of the molecule is N[C@H](C[C@@H](c1cccs1)N1CCOCC1)C(=O)O. The van der Waals surface area contributed by atoms with Gasteiger partial charge < -0.3 is 15.6 Å². The summed E-state index contributed by atoms with van der Waals surface area (Å²) in [5.74, 6) is -0.940. The number of carboxylic acids is 1. The summed E-state index contributed by atoms with van der Waals surface area (Å²) in [5.41, 5.74) is 5.68. The summed E-state index contributed by atoms with van der Waals surface area (Å²) in [6.07, 6.45) is 0.440. The third-order valence-corrected chi connectivity index (χ3v) is 4.13. The van der Waals surface area contributed by atoms with Crippen LogP contribution in [0.2, 0.25) is 0 Å². The highest BCUT2D eigenvalue weighted by atomic mass is 32.1. The number of hydrogen-bond acceptors (Lipinski definition) is 5. The van der Waals surface area contributed by atoms with Crippen molar-refractivity contribution >= 4 is 17.3 Å². The zero-order chi connectivity index (χ0) is 13.0. The van der Waals surface area contributed by atoms with Gasteiger partial charge in [0.25, 0.3) is 0 Å². The van der Waals surface area contributed by atoms with Crippen LogP contribution in [0.25, 0.3) is 0 Å². The largest absolute Gasteiger partial charge is 0.480 e. The lowest BCUT2D eigenvalue weighted by Crippen LogP contribution is -2.42. The van der Waals surface area contributed by atoms with Crippen LogP contribution in [0.15, 0.2) is 17.5 Å². The second-order valence-electron chi connectivity index (χ2n) is 4.36. The monoisotopic (exact) mass is 270 g/mol. The van der Waals surface area contributed by atoms with E-state index in [2.05, 4.69) is 4.90 Å². The molecule has 1 aromatic rings. The molecule has 100 valence electrons. The van der Waals surface area contributed by atoms with E-state index < -0.39 is 12.0 Å². The summed E-state index contributed by atoms with van der Waals surface area (Å²) >= 11 is 1.65. The number of ether oxygens (including phenoxy) is 1. The van der Waals surface area contributed by atoms with Crippen molar-refractivity contribution in [2.24, 2.45) is 5.73 Å². The summed E-state index contributed by atoms with van der Waals surface area (Å²) in [7, 11) is 0. The Bertz CT molecular complexity index is 377. The van der Waals surface area contributed by atoms with E-state index in [0.717, 1.165) is 13.1 Å². The van der Waals surface area contributed by atoms with Gasteiger partial charge in [-0.2, -0.15) is 0 Å². The molecule has 0 radical (unpaired) electrons. The van der Waals surface area contributed by atoms with Gasteiger partial charge in [-0.25, -0.2) is 0 Å². The average molecular weight is 270 g/mol. The predicted molar refractivity (Wildman–Crippen MR) is 69.7 cm³/mol. The van der Waals surface area contributed by atoms with Crippen LogP contribution in [0, 0.1) is 0 Å². The molecule has 0 saturated carbocycles. The van der Waals surface area contributed by atoms with Crippen LogP contribution in [0.5, 0.6) is 0 Å². The summed E-state index contributed by atoms with van der Waals surface area (Å²) in [6.45, 7) is 3.05. The molecule has 5 nitrogen and oxygen atoms in total. The second-order valence-corrected chi connectivity index (χ2v) is 5.34. The molecule has 0 spiro atoms. The number of morpholine rings is 1. The van der Waals surface area contributed by atoms with Crippen molar-refractivity contribution in [3.63, 3.8) is 0 Å². The van der Waals surface area contributed by atoms with Crippen LogP contribution in [-0.4, -0.2) is 48.3 Å². The van der Waals surface area contributed by atoms with Crippen molar-refractivity contribution in [1.29, 1.82) is 0 Å². The Morgan fingerprint density at radius 2 is 2.28 bits per heavy atom. The van der Waals surface area contributed by atoms with Gasteiger partial charge in [0.05, 0.1) is 13.2 Å². The Hall–Kier alpha value is -0.950. The molecule has 6 heteroatoms. The highest BCUT2D eigenvalue weighted by Gasteiger charge is 2.27. The van der Waals surface area contributed by atoms with E-state index in [4.69, 9.17) is 15.6 Å². The maximum absolute atomic E-state index is 10.9. The van der Waals surface area contributed by atoms with Gasteiger partial charge in [0, 0.05) is 24.0 Å². The molecular weight excluding hydrogens is 252 g/mol. The van der Waals surface area contributed by atoms with E-state index in [1.54, 1.807) is 11.3 Å². The molecule has 0 bridgehead atoms. The lowest BCUT2D eigenvalue weighted by molar-refractivity contribution is -0.139. The molecule has 1 saturated heterocycles. The normalized spacial score (nSPS) is 20.5. The number of nitrogens with zero attached hydrogens (tertiary/aromatic N) is 1. The van der Waals surface area contributed by atoms with Gasteiger partial charge >= 0.3 is 5.97 Å². The Balaban J connectivity index is 2.09. The van der Waals surface area contributed by atoms with Crippen molar-refractivity contribution in [3.8, 4) is 0 Å². The molecule has 2 rings (SSSR count). The van der Waals surface area contributed by atoms with E-state index in [0.29, 0.717) is 19.6 Å². The average Bonchev–Trinajstić information content (AvgIpc) is 2.90. The van der Waals surface area contributed by atoms with Crippen molar-refractivity contribution in [2.75, 3.05) is 26.3 Å². The van der Waals surface area contributed by atoms with Gasteiger partial charge in [-0.05, 0) is 17.9 Å². The van der Waals surface area contributed by atoms with Crippen LogP contribution in [-0.2, 0) is 9.53 Å². The van der Waals surface area contributed by atoms with E-state index in [9.17, 15) is 4.79 Å². The number of nitrogens with two attached hydrogens (primary N) is 1. The standard InChI is InChI=1S/C12H18N2O3S/c13-9(12(15)16)8-10(11-2-1-7-18-11)14-3-5-17-6-4-14/h1-2,7,9-10H,3-6,8,13H2,(H,15,16)/t9-,10+/m1/s1.